The molecule has 5 atom stereocenters. The number of aliphatic hydroxyl groups is 3. The first kappa shape index (κ1) is 20.8. The SMILES string of the molecule is COc1ccc2c(c1)CC(NNc1ncnc3c1ncn3[C@@H]1O[C@H](CO)[C@@H](O)[C@H]1O)CO2. The molecule has 170 valence electrons. The smallest absolute Gasteiger partial charge is 0.171 e. The molecule has 0 radical (unpaired) electrons. The molecule has 12 heteroatoms. The van der Waals surface area contributed by atoms with E-state index in [4.69, 9.17) is 14.2 Å². The van der Waals surface area contributed by atoms with Crippen LogP contribution in [0.4, 0.5) is 5.82 Å². The number of aromatic nitrogens is 4. The molecule has 2 aliphatic heterocycles. The molecule has 32 heavy (non-hydrogen) atoms. The summed E-state index contributed by atoms with van der Waals surface area (Å²) in [5.74, 6) is 2.05. The lowest BCUT2D eigenvalue weighted by Gasteiger charge is -2.26. The Balaban J connectivity index is 1.32. The maximum Gasteiger partial charge on any atom is 0.171 e. The van der Waals surface area contributed by atoms with Crippen molar-refractivity contribution in [2.24, 2.45) is 0 Å². The van der Waals surface area contributed by atoms with Crippen LogP contribution in [0, 0.1) is 0 Å². The van der Waals surface area contributed by atoms with Crippen molar-refractivity contribution in [1.82, 2.24) is 24.9 Å². The number of nitrogens with one attached hydrogen (secondary N) is 2. The highest BCUT2D eigenvalue weighted by molar-refractivity contribution is 5.82. The summed E-state index contributed by atoms with van der Waals surface area (Å²) in [5, 5.41) is 29.7. The van der Waals surface area contributed by atoms with Crippen LogP contribution in [-0.4, -0.2) is 79.5 Å². The van der Waals surface area contributed by atoms with Gasteiger partial charge in [0.05, 0.1) is 26.1 Å². The van der Waals surface area contributed by atoms with Crippen LogP contribution >= 0.6 is 0 Å². The van der Waals surface area contributed by atoms with E-state index in [2.05, 4.69) is 25.8 Å². The Morgan fingerprint density at radius 3 is 2.88 bits per heavy atom. The van der Waals surface area contributed by atoms with Gasteiger partial charge in [-0.3, -0.25) is 4.57 Å². The van der Waals surface area contributed by atoms with Crippen LogP contribution in [0.3, 0.4) is 0 Å². The first-order valence-corrected chi connectivity index (χ1v) is 10.2. The van der Waals surface area contributed by atoms with Crippen LogP contribution in [0.1, 0.15) is 11.8 Å². The molecular weight excluding hydrogens is 420 g/mol. The lowest BCUT2D eigenvalue weighted by molar-refractivity contribution is -0.0511. The number of anilines is 1. The maximum absolute atomic E-state index is 10.3. The fourth-order valence-corrected chi connectivity index (χ4v) is 4.00. The van der Waals surface area contributed by atoms with Gasteiger partial charge in [0.15, 0.2) is 23.2 Å². The Hall–Kier alpha value is -3.03. The molecule has 0 amide bonds. The highest BCUT2D eigenvalue weighted by atomic mass is 16.6. The van der Waals surface area contributed by atoms with Crippen molar-refractivity contribution in [3.05, 3.63) is 36.4 Å². The number of ether oxygens (including phenoxy) is 3. The molecule has 2 aliphatic rings. The van der Waals surface area contributed by atoms with E-state index in [-0.39, 0.29) is 6.04 Å². The molecule has 1 saturated heterocycles. The van der Waals surface area contributed by atoms with Gasteiger partial charge in [-0.2, -0.15) is 0 Å². The number of fused-ring (bicyclic) bond motifs is 2. The van der Waals surface area contributed by atoms with Crippen LogP contribution in [0.2, 0.25) is 0 Å². The van der Waals surface area contributed by atoms with Crippen LogP contribution < -0.4 is 20.3 Å². The van der Waals surface area contributed by atoms with E-state index < -0.39 is 31.1 Å². The first-order chi connectivity index (χ1) is 15.6. The van der Waals surface area contributed by atoms with Gasteiger partial charge in [0.2, 0.25) is 0 Å². The van der Waals surface area contributed by atoms with E-state index >= 15 is 0 Å². The van der Waals surface area contributed by atoms with E-state index in [0.717, 1.165) is 23.5 Å². The second-order valence-electron chi connectivity index (χ2n) is 7.73. The molecule has 4 heterocycles. The average Bonchev–Trinajstić information content (AvgIpc) is 3.38. The highest BCUT2D eigenvalue weighted by Crippen LogP contribution is 2.32. The van der Waals surface area contributed by atoms with Crippen molar-refractivity contribution in [2.75, 3.05) is 25.7 Å². The molecule has 1 fully saturated rings. The summed E-state index contributed by atoms with van der Waals surface area (Å²) in [6, 6.07) is 5.69. The zero-order valence-electron chi connectivity index (χ0n) is 17.3. The monoisotopic (exact) mass is 444 g/mol. The number of benzene rings is 1. The third-order valence-electron chi connectivity index (χ3n) is 5.72. The standard InChI is InChI=1S/C20H24N6O6/c1-30-12-2-3-13-10(5-12)4-11(7-31-13)24-25-18-15-19(22-8-21-18)26(9-23-15)20-17(29)16(28)14(6-27)32-20/h2-3,5,8-9,11,14,16-17,20,24,27-29H,4,6-7H2,1H3,(H,21,22,25)/t11?,14-,16-,17-,20-/m1/s1. The molecule has 2 aromatic heterocycles. The predicted molar refractivity (Wildman–Crippen MR) is 111 cm³/mol. The van der Waals surface area contributed by atoms with Crippen molar-refractivity contribution in [3.63, 3.8) is 0 Å². The summed E-state index contributed by atoms with van der Waals surface area (Å²) in [7, 11) is 1.63. The van der Waals surface area contributed by atoms with E-state index in [1.165, 1.54) is 17.2 Å². The van der Waals surface area contributed by atoms with Crippen LogP contribution in [0.25, 0.3) is 11.2 Å². The van der Waals surface area contributed by atoms with Crippen LogP contribution in [0.15, 0.2) is 30.9 Å². The molecule has 3 aromatic rings. The van der Waals surface area contributed by atoms with Gasteiger partial charge in [-0.25, -0.2) is 20.4 Å². The van der Waals surface area contributed by atoms with Crippen molar-refractivity contribution in [2.45, 2.75) is 37.0 Å². The second-order valence-corrected chi connectivity index (χ2v) is 7.73. The molecule has 0 aliphatic carbocycles. The minimum absolute atomic E-state index is 0.0258. The van der Waals surface area contributed by atoms with E-state index in [0.29, 0.717) is 23.6 Å². The zero-order chi connectivity index (χ0) is 22.2. The fraction of sp³-hybridized carbons (Fsp3) is 0.450. The van der Waals surface area contributed by atoms with Crippen LogP contribution in [-0.2, 0) is 11.2 Å². The third kappa shape index (κ3) is 3.61. The van der Waals surface area contributed by atoms with E-state index in [1.54, 1.807) is 7.11 Å². The second kappa shape index (κ2) is 8.48. The summed E-state index contributed by atoms with van der Waals surface area (Å²) in [4.78, 5) is 12.9. The zero-order valence-corrected chi connectivity index (χ0v) is 17.3. The van der Waals surface area contributed by atoms with Gasteiger partial charge in [0.25, 0.3) is 0 Å². The Kier molecular flexibility index (Phi) is 5.53. The van der Waals surface area contributed by atoms with Crippen molar-refractivity contribution < 1.29 is 29.5 Å². The fourth-order valence-electron chi connectivity index (χ4n) is 4.00. The van der Waals surface area contributed by atoms with Crippen molar-refractivity contribution in [1.29, 1.82) is 0 Å². The number of hydrogen-bond acceptors (Lipinski definition) is 11. The lowest BCUT2D eigenvalue weighted by atomic mass is 10.0. The molecular formula is C20H24N6O6. The number of rotatable bonds is 6. The molecule has 0 spiro atoms. The Morgan fingerprint density at radius 1 is 1.22 bits per heavy atom. The van der Waals surface area contributed by atoms with Crippen LogP contribution in [0.5, 0.6) is 11.5 Å². The van der Waals surface area contributed by atoms with Gasteiger partial charge in [-0.15, -0.1) is 0 Å². The molecule has 5 N–H and O–H groups in total. The minimum Gasteiger partial charge on any atom is -0.497 e. The average molecular weight is 444 g/mol. The molecule has 0 bridgehead atoms. The minimum atomic E-state index is -1.23. The van der Waals surface area contributed by atoms with Gasteiger partial charge >= 0.3 is 0 Å². The van der Waals surface area contributed by atoms with Gasteiger partial charge in [-0.1, -0.05) is 0 Å². The van der Waals surface area contributed by atoms with E-state index in [1.807, 2.05) is 18.2 Å². The summed E-state index contributed by atoms with van der Waals surface area (Å²) < 4.78 is 18.2. The molecule has 1 aromatic carbocycles. The topological polar surface area (TPSA) is 156 Å². The number of nitrogens with zero attached hydrogens (tertiary/aromatic N) is 4. The summed E-state index contributed by atoms with van der Waals surface area (Å²) in [6.07, 6.45) is -0.713. The van der Waals surface area contributed by atoms with Gasteiger partial charge < -0.3 is 35.0 Å². The van der Waals surface area contributed by atoms with Crippen molar-refractivity contribution >= 4 is 17.0 Å². The summed E-state index contributed by atoms with van der Waals surface area (Å²) in [5.41, 5.74) is 8.19. The van der Waals surface area contributed by atoms with Crippen molar-refractivity contribution in [3.8, 4) is 11.5 Å². The van der Waals surface area contributed by atoms with E-state index in [9.17, 15) is 15.3 Å². The number of hydrazine groups is 1. The number of imidazole rings is 1. The third-order valence-corrected chi connectivity index (χ3v) is 5.72. The quantitative estimate of drug-likeness (QED) is 0.308. The number of hydrogen-bond donors (Lipinski definition) is 5. The highest BCUT2D eigenvalue weighted by Gasteiger charge is 2.44. The first-order valence-electron chi connectivity index (χ1n) is 10.2. The van der Waals surface area contributed by atoms with Gasteiger partial charge in [-0.05, 0) is 30.2 Å². The maximum atomic E-state index is 10.3. The molecule has 5 rings (SSSR count). The summed E-state index contributed by atoms with van der Waals surface area (Å²) in [6.45, 7) is 0.0586. The largest absolute Gasteiger partial charge is 0.497 e. The Bertz CT molecular complexity index is 1110. The normalized spacial score (nSPS) is 27.2. The van der Waals surface area contributed by atoms with Gasteiger partial charge in [0, 0.05) is 0 Å². The Labute approximate surface area is 182 Å². The lowest BCUT2D eigenvalue weighted by Crippen LogP contribution is -2.42. The molecule has 0 saturated carbocycles. The molecule has 12 nitrogen and oxygen atoms in total. The molecule has 1 unspecified atom stereocenters. The summed E-state index contributed by atoms with van der Waals surface area (Å²) >= 11 is 0. The Morgan fingerprint density at radius 2 is 2.09 bits per heavy atom. The predicted octanol–water partition coefficient (Wildman–Crippen LogP) is -0.633. The van der Waals surface area contributed by atoms with Gasteiger partial charge in [0.1, 0.15) is 42.7 Å². The number of aliphatic hydroxyl groups excluding tert-OH is 3. The number of methoxy groups -OCH3 is 1.